The molecule has 2 N–H and O–H groups in total. The highest BCUT2D eigenvalue weighted by molar-refractivity contribution is 5.78. The molecule has 6 nitrogen and oxygen atoms in total. The Hall–Kier alpha value is -3.13. The highest BCUT2D eigenvalue weighted by atomic mass is 19.1. The molecule has 3 aromatic rings. The van der Waals surface area contributed by atoms with Gasteiger partial charge < -0.3 is 10.3 Å². The van der Waals surface area contributed by atoms with E-state index in [-0.39, 0.29) is 30.1 Å². The van der Waals surface area contributed by atoms with E-state index in [9.17, 15) is 18.4 Å². The van der Waals surface area contributed by atoms with Crippen LogP contribution in [-0.2, 0) is 11.3 Å². The zero-order chi connectivity index (χ0) is 20.3. The number of nitrogens with zero attached hydrogens (tertiary/aromatic N) is 2. The van der Waals surface area contributed by atoms with Gasteiger partial charge in [-0.25, -0.2) is 13.8 Å². The summed E-state index contributed by atoms with van der Waals surface area (Å²) in [6.45, 7) is 1.90. The third-order valence-corrected chi connectivity index (χ3v) is 4.30. The smallest absolute Gasteiger partial charge is 0.258 e. The second-order valence-electron chi connectivity index (χ2n) is 6.66. The molecule has 0 unspecified atom stereocenters. The summed E-state index contributed by atoms with van der Waals surface area (Å²) in [4.78, 5) is 33.1. The molecule has 0 aliphatic carbocycles. The van der Waals surface area contributed by atoms with Gasteiger partial charge in [0.1, 0.15) is 17.5 Å². The first-order valence-corrected chi connectivity index (χ1v) is 8.74. The van der Waals surface area contributed by atoms with Gasteiger partial charge in [-0.05, 0) is 32.2 Å². The molecule has 3 rings (SSSR count). The van der Waals surface area contributed by atoms with Gasteiger partial charge in [0, 0.05) is 11.6 Å². The van der Waals surface area contributed by atoms with E-state index in [1.54, 1.807) is 43.1 Å². The summed E-state index contributed by atoms with van der Waals surface area (Å²) >= 11 is 0. The fourth-order valence-electron chi connectivity index (χ4n) is 2.98. The topological polar surface area (TPSA) is 78.1 Å². The number of likely N-dealkylation sites (N-methyl/N-ethyl adjacent to an activating group) is 1. The molecule has 0 radical (unpaired) electrons. The van der Waals surface area contributed by atoms with Crippen LogP contribution in [0.2, 0.25) is 0 Å². The maximum atomic E-state index is 13.8. The Bertz CT molecular complexity index is 1070. The lowest BCUT2D eigenvalue weighted by molar-refractivity contribution is -0.122. The van der Waals surface area contributed by atoms with Gasteiger partial charge >= 0.3 is 0 Å². The number of hydrogen-bond acceptors (Lipinski definition) is 4. The van der Waals surface area contributed by atoms with E-state index >= 15 is 0 Å². The van der Waals surface area contributed by atoms with E-state index in [1.165, 1.54) is 6.07 Å². The van der Waals surface area contributed by atoms with Crippen LogP contribution in [0.4, 0.5) is 8.78 Å². The lowest BCUT2D eigenvalue weighted by Crippen LogP contribution is -2.37. The number of halogens is 2. The van der Waals surface area contributed by atoms with Crippen LogP contribution in [0, 0.1) is 11.6 Å². The van der Waals surface area contributed by atoms with E-state index in [0.717, 1.165) is 12.1 Å². The Morgan fingerprint density at radius 2 is 2.00 bits per heavy atom. The third kappa shape index (κ3) is 4.58. The number of aromatic nitrogens is 2. The summed E-state index contributed by atoms with van der Waals surface area (Å²) in [5.41, 5.74) is 0.552. The van der Waals surface area contributed by atoms with Crippen LogP contribution in [0.5, 0.6) is 0 Å². The summed E-state index contributed by atoms with van der Waals surface area (Å²) in [5.74, 6) is -1.27. The first-order chi connectivity index (χ1) is 13.3. The molecule has 0 aliphatic heterocycles. The largest absolute Gasteiger partial charge is 0.348 e. The van der Waals surface area contributed by atoms with Crippen molar-refractivity contribution in [2.24, 2.45) is 0 Å². The van der Waals surface area contributed by atoms with Crippen LogP contribution < -0.4 is 10.9 Å². The number of amides is 1. The average Bonchev–Trinajstić information content (AvgIpc) is 2.61. The molecule has 1 heterocycles. The number of nitrogens with one attached hydrogen (secondary N) is 2. The van der Waals surface area contributed by atoms with Gasteiger partial charge in [0.25, 0.3) is 5.56 Å². The Kier molecular flexibility index (Phi) is 5.79. The van der Waals surface area contributed by atoms with E-state index in [2.05, 4.69) is 15.3 Å². The fraction of sp³-hybridized carbons (Fsp3) is 0.250. The molecular formula is C20H20F2N4O2. The standard InChI is InChI=1S/C20H20F2N4O2/c1-12(14-8-7-13(21)9-16(14)22)23-19(27)11-26(2)10-18-24-17-6-4-3-5-15(17)20(28)25-18/h3-9,12H,10-11H2,1-2H3,(H,23,27)(H,24,25,28)/t12-/m1/s1. The molecule has 0 aliphatic rings. The van der Waals surface area contributed by atoms with Crippen molar-refractivity contribution < 1.29 is 13.6 Å². The predicted octanol–water partition coefficient (Wildman–Crippen LogP) is 2.51. The normalized spacial score (nSPS) is 12.3. The number of H-pyrrole nitrogens is 1. The van der Waals surface area contributed by atoms with Crippen molar-refractivity contribution in [2.45, 2.75) is 19.5 Å². The molecule has 8 heteroatoms. The fourth-order valence-corrected chi connectivity index (χ4v) is 2.98. The molecule has 28 heavy (non-hydrogen) atoms. The van der Waals surface area contributed by atoms with Crippen molar-refractivity contribution in [3.63, 3.8) is 0 Å². The maximum Gasteiger partial charge on any atom is 0.258 e. The maximum absolute atomic E-state index is 13.8. The SMILES string of the molecule is C[C@@H](NC(=O)CN(C)Cc1nc2ccccc2c(=O)[nH]1)c1ccc(F)cc1F. The molecule has 1 atom stereocenters. The number of rotatable bonds is 6. The number of hydrogen-bond donors (Lipinski definition) is 2. The van der Waals surface area contributed by atoms with Crippen LogP contribution in [0.1, 0.15) is 24.4 Å². The Labute approximate surface area is 160 Å². The third-order valence-electron chi connectivity index (χ3n) is 4.30. The number of benzene rings is 2. The highest BCUT2D eigenvalue weighted by Gasteiger charge is 2.16. The summed E-state index contributed by atoms with van der Waals surface area (Å²) in [7, 11) is 1.71. The molecule has 0 bridgehead atoms. The first-order valence-electron chi connectivity index (χ1n) is 8.74. The van der Waals surface area contributed by atoms with Gasteiger partial charge in [0.2, 0.25) is 5.91 Å². The van der Waals surface area contributed by atoms with Crippen molar-refractivity contribution in [3.05, 3.63) is 75.8 Å². The molecule has 0 saturated carbocycles. The van der Waals surface area contributed by atoms with Crippen LogP contribution in [-0.4, -0.2) is 34.4 Å². The summed E-state index contributed by atoms with van der Waals surface area (Å²) in [6.07, 6.45) is 0. The van der Waals surface area contributed by atoms with E-state index in [0.29, 0.717) is 16.7 Å². The molecule has 0 fully saturated rings. The Morgan fingerprint density at radius 3 is 2.75 bits per heavy atom. The van der Waals surface area contributed by atoms with Crippen molar-refractivity contribution in [1.29, 1.82) is 0 Å². The summed E-state index contributed by atoms with van der Waals surface area (Å²) in [6, 6.07) is 9.63. The minimum absolute atomic E-state index is 0.0176. The van der Waals surface area contributed by atoms with Crippen molar-refractivity contribution >= 4 is 16.8 Å². The molecule has 146 valence electrons. The molecule has 1 aromatic heterocycles. The summed E-state index contributed by atoms with van der Waals surface area (Å²) in [5, 5.41) is 3.18. The number of aromatic amines is 1. The molecule has 0 spiro atoms. The minimum Gasteiger partial charge on any atom is -0.348 e. The average molecular weight is 386 g/mol. The lowest BCUT2D eigenvalue weighted by Gasteiger charge is -2.19. The number of fused-ring (bicyclic) bond motifs is 1. The van der Waals surface area contributed by atoms with Crippen LogP contribution in [0.25, 0.3) is 10.9 Å². The van der Waals surface area contributed by atoms with Crippen LogP contribution in [0.3, 0.4) is 0 Å². The van der Waals surface area contributed by atoms with E-state index < -0.39 is 17.7 Å². The number of carbonyl (C=O) groups excluding carboxylic acids is 1. The highest BCUT2D eigenvalue weighted by Crippen LogP contribution is 2.17. The molecular weight excluding hydrogens is 366 g/mol. The van der Waals surface area contributed by atoms with Crippen molar-refractivity contribution in [1.82, 2.24) is 20.2 Å². The second-order valence-corrected chi connectivity index (χ2v) is 6.66. The van der Waals surface area contributed by atoms with Gasteiger partial charge in [-0.2, -0.15) is 0 Å². The molecule has 1 amide bonds. The molecule has 0 saturated heterocycles. The second kappa shape index (κ2) is 8.26. The van der Waals surface area contributed by atoms with Crippen LogP contribution in [0.15, 0.2) is 47.3 Å². The minimum atomic E-state index is -0.709. The van der Waals surface area contributed by atoms with Gasteiger partial charge in [0.05, 0.1) is 30.0 Å². The zero-order valence-corrected chi connectivity index (χ0v) is 15.5. The van der Waals surface area contributed by atoms with Gasteiger partial charge in [-0.3, -0.25) is 14.5 Å². The zero-order valence-electron chi connectivity index (χ0n) is 15.5. The number of para-hydroxylation sites is 1. The number of carbonyl (C=O) groups is 1. The van der Waals surface area contributed by atoms with Gasteiger partial charge in [-0.1, -0.05) is 18.2 Å². The quantitative estimate of drug-likeness (QED) is 0.682. The Balaban J connectivity index is 1.62. The molecule has 2 aromatic carbocycles. The lowest BCUT2D eigenvalue weighted by atomic mass is 10.1. The Morgan fingerprint density at radius 1 is 1.25 bits per heavy atom. The van der Waals surface area contributed by atoms with E-state index in [1.807, 2.05) is 0 Å². The first kappa shape index (κ1) is 19.6. The summed E-state index contributed by atoms with van der Waals surface area (Å²) < 4.78 is 26.8. The van der Waals surface area contributed by atoms with Crippen molar-refractivity contribution in [2.75, 3.05) is 13.6 Å². The van der Waals surface area contributed by atoms with Crippen LogP contribution >= 0.6 is 0 Å². The monoisotopic (exact) mass is 386 g/mol. The predicted molar refractivity (Wildman–Crippen MR) is 102 cm³/mol. The van der Waals surface area contributed by atoms with Crippen molar-refractivity contribution in [3.8, 4) is 0 Å². The van der Waals surface area contributed by atoms with E-state index in [4.69, 9.17) is 0 Å². The van der Waals surface area contributed by atoms with Gasteiger partial charge in [-0.15, -0.1) is 0 Å². The van der Waals surface area contributed by atoms with Gasteiger partial charge in [0.15, 0.2) is 0 Å².